The van der Waals surface area contributed by atoms with Crippen LogP contribution in [0.5, 0.6) is 5.75 Å². The first-order valence-electron chi connectivity index (χ1n) is 8.53. The summed E-state index contributed by atoms with van der Waals surface area (Å²) < 4.78 is 16.8. The molecule has 25 heavy (non-hydrogen) atoms. The van der Waals surface area contributed by atoms with Crippen LogP contribution in [0.2, 0.25) is 0 Å². The van der Waals surface area contributed by atoms with Crippen LogP contribution >= 0.6 is 0 Å². The minimum atomic E-state index is -0.0692. The van der Waals surface area contributed by atoms with Crippen molar-refractivity contribution in [3.63, 3.8) is 0 Å². The topological polar surface area (TPSA) is 48.0 Å². The van der Waals surface area contributed by atoms with Crippen molar-refractivity contribution in [1.29, 1.82) is 0 Å². The third-order valence-corrected chi connectivity index (χ3v) is 4.06. The van der Waals surface area contributed by atoms with Gasteiger partial charge in [-0.1, -0.05) is 48.5 Å². The number of rotatable bonds is 7. The van der Waals surface area contributed by atoms with Gasteiger partial charge in [0.2, 0.25) is 5.91 Å². The van der Waals surface area contributed by atoms with Crippen LogP contribution in [0.1, 0.15) is 11.7 Å². The first-order chi connectivity index (χ1) is 12.3. The van der Waals surface area contributed by atoms with Crippen LogP contribution in [0.4, 0.5) is 0 Å². The number of hydrogen-bond acceptors (Lipinski definition) is 4. The van der Waals surface area contributed by atoms with E-state index >= 15 is 0 Å². The molecule has 132 valence electrons. The normalized spacial score (nSPS) is 17.3. The molecule has 5 nitrogen and oxygen atoms in total. The van der Waals surface area contributed by atoms with E-state index in [-0.39, 0.29) is 18.6 Å². The monoisotopic (exact) mass is 341 g/mol. The summed E-state index contributed by atoms with van der Waals surface area (Å²) in [5.74, 6) is 0.792. The van der Waals surface area contributed by atoms with Crippen molar-refractivity contribution in [1.82, 2.24) is 4.90 Å². The molecule has 1 heterocycles. The van der Waals surface area contributed by atoms with Gasteiger partial charge in [0.15, 0.2) is 0 Å². The van der Waals surface area contributed by atoms with Gasteiger partial charge in [0.1, 0.15) is 25.1 Å². The highest BCUT2D eigenvalue weighted by Gasteiger charge is 2.25. The van der Waals surface area contributed by atoms with Crippen LogP contribution in [0.25, 0.3) is 0 Å². The molecular weight excluding hydrogens is 318 g/mol. The van der Waals surface area contributed by atoms with Gasteiger partial charge in [0.25, 0.3) is 0 Å². The van der Waals surface area contributed by atoms with Crippen molar-refractivity contribution in [3.8, 4) is 5.75 Å². The Morgan fingerprint density at radius 3 is 2.52 bits per heavy atom. The third kappa shape index (κ3) is 5.31. The molecule has 0 spiro atoms. The van der Waals surface area contributed by atoms with Gasteiger partial charge >= 0.3 is 0 Å². The standard InChI is InChI=1S/C20H23NO4/c22-20(16-23-13-14-24-18-9-5-2-6-10-18)21-11-12-25-19(15-21)17-7-3-1-4-8-17/h1-10,19H,11-16H2. The zero-order valence-electron chi connectivity index (χ0n) is 14.2. The van der Waals surface area contributed by atoms with Crippen LogP contribution in [0, 0.1) is 0 Å². The fraction of sp³-hybridized carbons (Fsp3) is 0.350. The molecule has 0 radical (unpaired) electrons. The molecule has 1 unspecified atom stereocenters. The number of carbonyl (C=O) groups is 1. The summed E-state index contributed by atoms with van der Waals surface area (Å²) in [6.45, 7) is 2.58. The number of hydrogen-bond donors (Lipinski definition) is 0. The summed E-state index contributed by atoms with van der Waals surface area (Å²) in [5, 5.41) is 0. The van der Waals surface area contributed by atoms with Gasteiger partial charge in [0, 0.05) is 6.54 Å². The van der Waals surface area contributed by atoms with Crippen LogP contribution in [-0.4, -0.2) is 50.3 Å². The molecule has 2 aromatic carbocycles. The maximum absolute atomic E-state index is 12.3. The van der Waals surface area contributed by atoms with Gasteiger partial charge in [-0.2, -0.15) is 0 Å². The molecule has 0 aromatic heterocycles. The van der Waals surface area contributed by atoms with E-state index in [9.17, 15) is 4.79 Å². The van der Waals surface area contributed by atoms with Gasteiger partial charge in [-0.3, -0.25) is 4.79 Å². The summed E-state index contributed by atoms with van der Waals surface area (Å²) in [7, 11) is 0. The molecule has 2 aromatic rings. The molecule has 1 saturated heterocycles. The van der Waals surface area contributed by atoms with Crippen molar-refractivity contribution in [2.45, 2.75) is 6.10 Å². The number of carbonyl (C=O) groups excluding carboxylic acids is 1. The predicted octanol–water partition coefficient (Wildman–Crippen LogP) is 2.68. The number of morpholine rings is 1. The van der Waals surface area contributed by atoms with Crippen molar-refractivity contribution < 1.29 is 19.0 Å². The maximum Gasteiger partial charge on any atom is 0.248 e. The van der Waals surface area contributed by atoms with E-state index in [4.69, 9.17) is 14.2 Å². The lowest BCUT2D eigenvalue weighted by molar-refractivity contribution is -0.144. The molecular formula is C20H23NO4. The fourth-order valence-corrected chi connectivity index (χ4v) is 2.73. The molecule has 0 aliphatic carbocycles. The number of para-hydroxylation sites is 1. The third-order valence-electron chi connectivity index (χ3n) is 4.06. The Morgan fingerprint density at radius 2 is 1.76 bits per heavy atom. The highest BCUT2D eigenvalue weighted by Crippen LogP contribution is 2.21. The Labute approximate surface area is 148 Å². The Morgan fingerprint density at radius 1 is 1.04 bits per heavy atom. The van der Waals surface area contributed by atoms with E-state index in [0.717, 1.165) is 11.3 Å². The summed E-state index contributed by atoms with van der Waals surface area (Å²) in [4.78, 5) is 14.1. The predicted molar refractivity (Wildman–Crippen MR) is 94.5 cm³/mol. The molecule has 1 fully saturated rings. The smallest absolute Gasteiger partial charge is 0.248 e. The molecule has 0 N–H and O–H groups in total. The molecule has 0 bridgehead atoms. The average Bonchev–Trinajstić information content (AvgIpc) is 2.69. The van der Waals surface area contributed by atoms with E-state index in [1.165, 1.54) is 0 Å². The first kappa shape index (κ1) is 17.5. The second kappa shape index (κ2) is 9.20. The SMILES string of the molecule is O=C(COCCOc1ccccc1)N1CCOC(c2ccccc2)C1. The summed E-state index contributed by atoms with van der Waals surface area (Å²) in [5.41, 5.74) is 1.09. The zero-order chi connectivity index (χ0) is 17.3. The maximum atomic E-state index is 12.3. The van der Waals surface area contributed by atoms with E-state index in [0.29, 0.717) is 32.9 Å². The Bertz CT molecular complexity index is 647. The second-order valence-electron chi connectivity index (χ2n) is 5.82. The van der Waals surface area contributed by atoms with Gasteiger partial charge in [-0.15, -0.1) is 0 Å². The fourth-order valence-electron chi connectivity index (χ4n) is 2.73. The van der Waals surface area contributed by atoms with Crippen molar-refractivity contribution in [2.24, 2.45) is 0 Å². The Balaban J connectivity index is 1.38. The van der Waals surface area contributed by atoms with E-state index in [1.54, 1.807) is 4.90 Å². The minimum Gasteiger partial charge on any atom is -0.491 e. The summed E-state index contributed by atoms with van der Waals surface area (Å²) in [6.07, 6.45) is -0.0692. The van der Waals surface area contributed by atoms with Gasteiger partial charge < -0.3 is 19.1 Å². The van der Waals surface area contributed by atoms with E-state index in [2.05, 4.69) is 0 Å². The molecule has 3 rings (SSSR count). The zero-order valence-corrected chi connectivity index (χ0v) is 14.2. The van der Waals surface area contributed by atoms with E-state index in [1.807, 2.05) is 60.7 Å². The highest BCUT2D eigenvalue weighted by molar-refractivity contribution is 5.77. The molecule has 1 amide bonds. The van der Waals surface area contributed by atoms with Gasteiger partial charge in [0.05, 0.1) is 19.8 Å². The Hall–Kier alpha value is -2.37. The van der Waals surface area contributed by atoms with Crippen LogP contribution in [0.3, 0.4) is 0 Å². The first-order valence-corrected chi connectivity index (χ1v) is 8.53. The number of benzene rings is 2. The van der Waals surface area contributed by atoms with Crippen LogP contribution < -0.4 is 4.74 Å². The van der Waals surface area contributed by atoms with E-state index < -0.39 is 0 Å². The number of amides is 1. The van der Waals surface area contributed by atoms with Crippen molar-refractivity contribution in [2.75, 3.05) is 39.5 Å². The Kier molecular flexibility index (Phi) is 6.42. The molecule has 1 aliphatic heterocycles. The lowest BCUT2D eigenvalue weighted by Crippen LogP contribution is -2.44. The molecule has 0 saturated carbocycles. The molecule has 5 heteroatoms. The lowest BCUT2D eigenvalue weighted by atomic mass is 10.1. The molecule has 1 aliphatic rings. The quantitative estimate of drug-likeness (QED) is 0.727. The minimum absolute atomic E-state index is 0.0102. The van der Waals surface area contributed by atoms with Crippen LogP contribution in [0.15, 0.2) is 60.7 Å². The lowest BCUT2D eigenvalue weighted by Gasteiger charge is -2.33. The van der Waals surface area contributed by atoms with Crippen LogP contribution in [-0.2, 0) is 14.3 Å². The average molecular weight is 341 g/mol. The van der Waals surface area contributed by atoms with Crippen molar-refractivity contribution >= 4 is 5.91 Å². The largest absolute Gasteiger partial charge is 0.491 e. The number of ether oxygens (including phenoxy) is 3. The summed E-state index contributed by atoms with van der Waals surface area (Å²) >= 11 is 0. The number of nitrogens with zero attached hydrogens (tertiary/aromatic N) is 1. The van der Waals surface area contributed by atoms with Gasteiger partial charge in [-0.25, -0.2) is 0 Å². The van der Waals surface area contributed by atoms with Gasteiger partial charge in [-0.05, 0) is 17.7 Å². The molecule has 1 atom stereocenters. The summed E-state index contributed by atoms with van der Waals surface area (Å²) in [6, 6.07) is 19.5. The van der Waals surface area contributed by atoms with Crippen molar-refractivity contribution in [3.05, 3.63) is 66.2 Å². The highest BCUT2D eigenvalue weighted by atomic mass is 16.5. The second-order valence-corrected chi connectivity index (χ2v) is 5.82.